The molecule has 2 unspecified atom stereocenters. The van der Waals surface area contributed by atoms with Crippen LogP contribution < -0.4 is 0 Å². The van der Waals surface area contributed by atoms with E-state index in [9.17, 15) is 0 Å². The second kappa shape index (κ2) is 5.88. The van der Waals surface area contributed by atoms with Crippen LogP contribution in [0, 0.1) is 12.3 Å². The molecular formula is C16H25NO3. The molecule has 3 heterocycles. The molecule has 3 rings (SSSR count). The molecule has 0 N–H and O–H groups in total. The Balaban J connectivity index is 1.69. The van der Waals surface area contributed by atoms with Gasteiger partial charge >= 0.3 is 0 Å². The van der Waals surface area contributed by atoms with E-state index in [-0.39, 0.29) is 5.41 Å². The van der Waals surface area contributed by atoms with E-state index in [1.54, 1.807) is 7.11 Å². The van der Waals surface area contributed by atoms with Crippen molar-refractivity contribution in [3.05, 3.63) is 23.7 Å². The lowest BCUT2D eigenvalue weighted by Crippen LogP contribution is -2.56. The zero-order valence-electron chi connectivity index (χ0n) is 12.6. The maximum atomic E-state index is 6.01. The largest absolute Gasteiger partial charge is 0.465 e. The van der Waals surface area contributed by atoms with E-state index < -0.39 is 0 Å². The molecule has 0 radical (unpaired) electrons. The van der Waals surface area contributed by atoms with Gasteiger partial charge in [-0.3, -0.25) is 4.90 Å². The van der Waals surface area contributed by atoms with E-state index in [2.05, 4.69) is 11.0 Å². The fourth-order valence-electron chi connectivity index (χ4n) is 3.81. The lowest BCUT2D eigenvalue weighted by Gasteiger charge is -2.50. The van der Waals surface area contributed by atoms with E-state index in [1.165, 1.54) is 6.42 Å². The van der Waals surface area contributed by atoms with Crippen LogP contribution in [0.1, 0.15) is 30.8 Å². The second-order valence-electron chi connectivity index (χ2n) is 6.27. The Bertz CT molecular complexity index is 441. The van der Waals surface area contributed by atoms with Gasteiger partial charge in [0.15, 0.2) is 0 Å². The van der Waals surface area contributed by atoms with E-state index in [1.807, 2.05) is 13.0 Å². The number of aryl methyl sites for hydroxylation is 1. The number of hydrogen-bond donors (Lipinski definition) is 0. The SMILES string of the molecule is COCC12CCCOC1CCN(Cc1ccc(C)o1)C2. The molecule has 112 valence electrons. The van der Waals surface area contributed by atoms with E-state index >= 15 is 0 Å². The van der Waals surface area contributed by atoms with Crippen molar-refractivity contribution >= 4 is 0 Å². The summed E-state index contributed by atoms with van der Waals surface area (Å²) in [7, 11) is 1.80. The average Bonchev–Trinajstić information content (AvgIpc) is 2.84. The first-order valence-electron chi connectivity index (χ1n) is 7.60. The summed E-state index contributed by atoms with van der Waals surface area (Å²) in [5, 5.41) is 0. The summed E-state index contributed by atoms with van der Waals surface area (Å²) < 4.78 is 17.2. The Morgan fingerprint density at radius 2 is 2.35 bits per heavy atom. The summed E-state index contributed by atoms with van der Waals surface area (Å²) in [5.41, 5.74) is 0.173. The van der Waals surface area contributed by atoms with Gasteiger partial charge in [-0.25, -0.2) is 0 Å². The molecule has 4 nitrogen and oxygen atoms in total. The van der Waals surface area contributed by atoms with Crippen molar-refractivity contribution in [1.29, 1.82) is 0 Å². The van der Waals surface area contributed by atoms with Crippen LogP contribution in [0.2, 0.25) is 0 Å². The lowest BCUT2D eigenvalue weighted by molar-refractivity contribution is -0.149. The van der Waals surface area contributed by atoms with Crippen molar-refractivity contribution in [3.8, 4) is 0 Å². The Kier molecular flexibility index (Phi) is 4.15. The van der Waals surface area contributed by atoms with Gasteiger partial charge in [-0.05, 0) is 38.3 Å². The van der Waals surface area contributed by atoms with Crippen molar-refractivity contribution in [2.24, 2.45) is 5.41 Å². The van der Waals surface area contributed by atoms with Crippen LogP contribution in [0.5, 0.6) is 0 Å². The number of furan rings is 1. The highest BCUT2D eigenvalue weighted by atomic mass is 16.5. The van der Waals surface area contributed by atoms with Crippen molar-refractivity contribution < 1.29 is 13.9 Å². The fourth-order valence-corrected chi connectivity index (χ4v) is 3.81. The van der Waals surface area contributed by atoms with Gasteiger partial charge in [0.25, 0.3) is 0 Å². The van der Waals surface area contributed by atoms with Crippen LogP contribution in [0.15, 0.2) is 16.5 Å². The molecule has 0 bridgehead atoms. The van der Waals surface area contributed by atoms with Crippen LogP contribution in [0.4, 0.5) is 0 Å². The Labute approximate surface area is 121 Å². The monoisotopic (exact) mass is 279 g/mol. The van der Waals surface area contributed by atoms with Gasteiger partial charge in [-0.2, -0.15) is 0 Å². The number of rotatable bonds is 4. The second-order valence-corrected chi connectivity index (χ2v) is 6.27. The fraction of sp³-hybridized carbons (Fsp3) is 0.750. The summed E-state index contributed by atoms with van der Waals surface area (Å²) >= 11 is 0. The quantitative estimate of drug-likeness (QED) is 0.848. The molecule has 0 aliphatic carbocycles. The summed E-state index contributed by atoms with van der Waals surface area (Å²) in [6.45, 7) is 6.73. The van der Waals surface area contributed by atoms with E-state index in [4.69, 9.17) is 13.9 Å². The van der Waals surface area contributed by atoms with Gasteiger partial charge in [0, 0.05) is 32.2 Å². The van der Waals surface area contributed by atoms with Gasteiger partial charge in [-0.1, -0.05) is 0 Å². The number of piperidine rings is 1. The van der Waals surface area contributed by atoms with Crippen LogP contribution in [0.3, 0.4) is 0 Å². The number of nitrogens with zero attached hydrogens (tertiary/aromatic N) is 1. The maximum absolute atomic E-state index is 6.01. The highest BCUT2D eigenvalue weighted by Gasteiger charge is 2.45. The van der Waals surface area contributed by atoms with Crippen molar-refractivity contribution in [1.82, 2.24) is 4.90 Å². The molecule has 2 atom stereocenters. The molecule has 0 amide bonds. The number of fused-ring (bicyclic) bond motifs is 1. The predicted molar refractivity (Wildman–Crippen MR) is 76.6 cm³/mol. The topological polar surface area (TPSA) is 34.8 Å². The van der Waals surface area contributed by atoms with Gasteiger partial charge in [0.05, 0.1) is 19.3 Å². The van der Waals surface area contributed by atoms with Gasteiger partial charge < -0.3 is 13.9 Å². The highest BCUT2D eigenvalue weighted by molar-refractivity contribution is 5.06. The first-order valence-corrected chi connectivity index (χ1v) is 7.60. The lowest BCUT2D eigenvalue weighted by atomic mass is 9.73. The van der Waals surface area contributed by atoms with Crippen LogP contribution in [0.25, 0.3) is 0 Å². The smallest absolute Gasteiger partial charge is 0.118 e. The molecular weight excluding hydrogens is 254 g/mol. The number of hydrogen-bond acceptors (Lipinski definition) is 4. The molecule has 0 saturated carbocycles. The molecule has 0 aromatic carbocycles. The molecule has 2 aliphatic rings. The molecule has 2 fully saturated rings. The van der Waals surface area contributed by atoms with Crippen LogP contribution >= 0.6 is 0 Å². The molecule has 0 spiro atoms. The standard InChI is InChI=1S/C16H25NO3/c1-13-4-5-14(20-13)10-17-8-6-15-16(11-17,12-18-2)7-3-9-19-15/h4-5,15H,3,6-12H2,1-2H3. The van der Waals surface area contributed by atoms with Crippen LogP contribution in [-0.2, 0) is 16.0 Å². The summed E-state index contributed by atoms with van der Waals surface area (Å²) in [5.74, 6) is 2.05. The first-order chi connectivity index (χ1) is 9.72. The zero-order chi connectivity index (χ0) is 14.0. The summed E-state index contributed by atoms with van der Waals surface area (Å²) in [6.07, 6.45) is 3.82. The number of ether oxygens (including phenoxy) is 2. The normalized spacial score (nSPS) is 31.2. The molecule has 1 aromatic heterocycles. The predicted octanol–water partition coefficient (Wildman–Crippen LogP) is 2.61. The van der Waals surface area contributed by atoms with Crippen molar-refractivity contribution in [2.75, 3.05) is 33.4 Å². The third-order valence-corrected chi connectivity index (χ3v) is 4.67. The maximum Gasteiger partial charge on any atom is 0.118 e. The van der Waals surface area contributed by atoms with Crippen molar-refractivity contribution in [3.63, 3.8) is 0 Å². The Morgan fingerprint density at radius 1 is 1.45 bits per heavy atom. The zero-order valence-corrected chi connectivity index (χ0v) is 12.6. The highest BCUT2D eigenvalue weighted by Crippen LogP contribution is 2.40. The minimum absolute atomic E-state index is 0.173. The van der Waals surface area contributed by atoms with Crippen molar-refractivity contribution in [2.45, 2.75) is 38.8 Å². The molecule has 1 aromatic rings. The van der Waals surface area contributed by atoms with Gasteiger partial charge in [0.1, 0.15) is 11.5 Å². The number of likely N-dealkylation sites (tertiary alicyclic amines) is 1. The minimum atomic E-state index is 0.173. The van der Waals surface area contributed by atoms with Gasteiger partial charge in [0.2, 0.25) is 0 Å². The third kappa shape index (κ3) is 2.78. The summed E-state index contributed by atoms with van der Waals surface area (Å²) in [4.78, 5) is 2.49. The Hall–Kier alpha value is -0.840. The molecule has 2 saturated heterocycles. The van der Waals surface area contributed by atoms with E-state index in [0.717, 1.165) is 57.2 Å². The third-order valence-electron chi connectivity index (χ3n) is 4.67. The average molecular weight is 279 g/mol. The minimum Gasteiger partial charge on any atom is -0.465 e. The van der Waals surface area contributed by atoms with Crippen LogP contribution in [-0.4, -0.2) is 44.4 Å². The molecule has 2 aliphatic heterocycles. The van der Waals surface area contributed by atoms with E-state index in [0.29, 0.717) is 6.10 Å². The Morgan fingerprint density at radius 3 is 3.10 bits per heavy atom. The molecule has 4 heteroatoms. The van der Waals surface area contributed by atoms with Gasteiger partial charge in [-0.15, -0.1) is 0 Å². The molecule has 20 heavy (non-hydrogen) atoms. The first kappa shape index (κ1) is 14.1. The number of methoxy groups -OCH3 is 1. The summed E-state index contributed by atoms with van der Waals surface area (Å²) in [6, 6.07) is 4.12.